The minimum atomic E-state index is -0.654. The van der Waals surface area contributed by atoms with Crippen LogP contribution < -0.4 is 4.74 Å². The van der Waals surface area contributed by atoms with Gasteiger partial charge in [-0.25, -0.2) is 0 Å². The molecule has 0 saturated carbocycles. The molecule has 0 aromatic heterocycles. The van der Waals surface area contributed by atoms with Crippen LogP contribution >= 0.6 is 0 Å². The van der Waals surface area contributed by atoms with Gasteiger partial charge in [-0.3, -0.25) is 9.59 Å². The highest BCUT2D eigenvalue weighted by Gasteiger charge is 2.45. The summed E-state index contributed by atoms with van der Waals surface area (Å²) in [6, 6.07) is 14.3. The third-order valence-electron chi connectivity index (χ3n) is 6.21. The number of benzene rings is 2. The van der Waals surface area contributed by atoms with E-state index in [4.69, 9.17) is 4.74 Å². The predicted molar refractivity (Wildman–Crippen MR) is 130 cm³/mol. The topological polar surface area (TPSA) is 70.1 Å². The molecule has 6 nitrogen and oxygen atoms in total. The maximum absolute atomic E-state index is 13.2. The fourth-order valence-corrected chi connectivity index (χ4v) is 4.24. The number of aliphatic hydroxyl groups excluding tert-OH is 1. The van der Waals surface area contributed by atoms with Gasteiger partial charge in [0, 0.05) is 18.7 Å². The zero-order chi connectivity index (χ0) is 24.0. The van der Waals surface area contributed by atoms with Crippen molar-refractivity contribution in [1.29, 1.82) is 0 Å². The summed E-state index contributed by atoms with van der Waals surface area (Å²) in [5.74, 6) is -0.807. The molecule has 1 fully saturated rings. The third kappa shape index (κ3) is 5.28. The van der Waals surface area contributed by atoms with Gasteiger partial charge in [-0.2, -0.15) is 0 Å². The van der Waals surface area contributed by atoms with Crippen LogP contribution in [0.5, 0.6) is 5.75 Å². The van der Waals surface area contributed by atoms with Crippen molar-refractivity contribution in [2.24, 2.45) is 0 Å². The van der Waals surface area contributed by atoms with Gasteiger partial charge in [-0.1, -0.05) is 57.2 Å². The SMILES string of the molecule is CCOc1cccc(/C(O)=C2\C(=O)C(=O)N(CCN(CC)CC)C2c2ccc(CC)cc2)c1. The van der Waals surface area contributed by atoms with Crippen LogP contribution in [0.25, 0.3) is 5.76 Å². The maximum Gasteiger partial charge on any atom is 0.295 e. The lowest BCUT2D eigenvalue weighted by Gasteiger charge is -2.28. The van der Waals surface area contributed by atoms with Crippen molar-refractivity contribution < 1.29 is 19.4 Å². The summed E-state index contributed by atoms with van der Waals surface area (Å²) in [6.07, 6.45) is 0.895. The van der Waals surface area contributed by atoms with E-state index < -0.39 is 17.7 Å². The lowest BCUT2D eigenvalue weighted by molar-refractivity contribution is -0.140. The Morgan fingerprint density at radius 2 is 1.73 bits per heavy atom. The van der Waals surface area contributed by atoms with Crippen LogP contribution in [0.2, 0.25) is 0 Å². The Morgan fingerprint density at radius 1 is 1.03 bits per heavy atom. The Hall–Kier alpha value is -3.12. The Bertz CT molecular complexity index is 1010. The quantitative estimate of drug-likeness (QED) is 0.330. The summed E-state index contributed by atoms with van der Waals surface area (Å²) >= 11 is 0. The minimum Gasteiger partial charge on any atom is -0.507 e. The van der Waals surface area contributed by atoms with Crippen LogP contribution in [0.1, 0.15) is 50.4 Å². The summed E-state index contributed by atoms with van der Waals surface area (Å²) in [5, 5.41) is 11.2. The van der Waals surface area contributed by atoms with E-state index in [1.807, 2.05) is 31.2 Å². The van der Waals surface area contributed by atoms with Gasteiger partial charge in [-0.15, -0.1) is 0 Å². The molecule has 0 spiro atoms. The normalized spacial score (nSPS) is 17.7. The van der Waals surface area contributed by atoms with Gasteiger partial charge in [0.1, 0.15) is 11.5 Å². The molecule has 33 heavy (non-hydrogen) atoms. The number of amides is 1. The highest BCUT2D eigenvalue weighted by Crippen LogP contribution is 2.39. The molecular formula is C27H34N2O4. The first kappa shape index (κ1) is 24.5. The van der Waals surface area contributed by atoms with E-state index in [2.05, 4.69) is 25.7 Å². The minimum absolute atomic E-state index is 0.123. The standard InChI is InChI=1S/C27H34N2O4/c1-5-19-12-14-20(15-13-19)24-23(25(30)21-10-9-11-22(18-21)33-8-4)26(31)27(32)29(24)17-16-28(6-2)7-3/h9-15,18,24,30H,5-8,16-17H2,1-4H3/b25-23+. The van der Waals surface area contributed by atoms with E-state index in [-0.39, 0.29) is 11.3 Å². The molecule has 3 rings (SSSR count). The van der Waals surface area contributed by atoms with Crippen LogP contribution in [-0.2, 0) is 16.0 Å². The first-order chi connectivity index (χ1) is 15.9. The van der Waals surface area contributed by atoms with Crippen LogP contribution in [0, 0.1) is 0 Å². The highest BCUT2D eigenvalue weighted by atomic mass is 16.5. The largest absolute Gasteiger partial charge is 0.507 e. The predicted octanol–water partition coefficient (Wildman–Crippen LogP) is 4.41. The number of hydrogen-bond donors (Lipinski definition) is 1. The molecular weight excluding hydrogens is 416 g/mol. The second-order valence-electron chi connectivity index (χ2n) is 8.08. The van der Waals surface area contributed by atoms with E-state index in [1.165, 1.54) is 5.56 Å². The molecule has 1 unspecified atom stereocenters. The van der Waals surface area contributed by atoms with Crippen LogP contribution in [-0.4, -0.2) is 59.4 Å². The number of ether oxygens (including phenoxy) is 1. The van der Waals surface area contributed by atoms with E-state index in [9.17, 15) is 14.7 Å². The molecule has 0 aliphatic carbocycles. The van der Waals surface area contributed by atoms with Crippen molar-refractivity contribution >= 4 is 17.4 Å². The van der Waals surface area contributed by atoms with Crippen LogP contribution in [0.3, 0.4) is 0 Å². The molecule has 176 valence electrons. The zero-order valence-electron chi connectivity index (χ0n) is 20.0. The van der Waals surface area contributed by atoms with Crippen molar-refractivity contribution in [2.75, 3.05) is 32.8 Å². The average Bonchev–Trinajstić information content (AvgIpc) is 3.09. The highest BCUT2D eigenvalue weighted by molar-refractivity contribution is 6.46. The van der Waals surface area contributed by atoms with Gasteiger partial charge >= 0.3 is 0 Å². The second kappa shape index (κ2) is 11.1. The number of nitrogens with zero attached hydrogens (tertiary/aromatic N) is 2. The van der Waals surface area contributed by atoms with Crippen molar-refractivity contribution in [3.8, 4) is 5.75 Å². The molecule has 0 bridgehead atoms. The Balaban J connectivity index is 2.09. The lowest BCUT2D eigenvalue weighted by Crippen LogP contribution is -2.38. The van der Waals surface area contributed by atoms with E-state index in [1.54, 1.807) is 29.2 Å². The summed E-state index contributed by atoms with van der Waals surface area (Å²) in [6.45, 7) is 11.4. The van der Waals surface area contributed by atoms with Gasteiger partial charge in [0.05, 0.1) is 18.2 Å². The van der Waals surface area contributed by atoms with Crippen molar-refractivity contribution in [3.05, 3.63) is 70.8 Å². The zero-order valence-corrected chi connectivity index (χ0v) is 20.0. The Morgan fingerprint density at radius 3 is 2.33 bits per heavy atom. The number of ketones is 1. The van der Waals surface area contributed by atoms with Gasteiger partial charge in [0.25, 0.3) is 11.7 Å². The number of likely N-dealkylation sites (N-methyl/N-ethyl adjacent to an activating group) is 1. The molecule has 2 aromatic rings. The monoisotopic (exact) mass is 450 g/mol. The van der Waals surface area contributed by atoms with E-state index in [0.29, 0.717) is 31.0 Å². The smallest absolute Gasteiger partial charge is 0.295 e. The van der Waals surface area contributed by atoms with Crippen LogP contribution in [0.15, 0.2) is 54.1 Å². The van der Waals surface area contributed by atoms with Gasteiger partial charge < -0.3 is 19.6 Å². The number of aliphatic hydroxyl groups is 1. The summed E-state index contributed by atoms with van der Waals surface area (Å²) < 4.78 is 5.55. The second-order valence-corrected chi connectivity index (χ2v) is 8.08. The number of carbonyl (C=O) groups is 2. The number of Topliss-reactive ketones (excluding diaryl/α,β-unsaturated/α-hetero) is 1. The maximum atomic E-state index is 13.2. The van der Waals surface area contributed by atoms with E-state index in [0.717, 1.165) is 25.1 Å². The van der Waals surface area contributed by atoms with Crippen molar-refractivity contribution in [1.82, 2.24) is 9.80 Å². The molecule has 1 atom stereocenters. The number of carbonyl (C=O) groups excluding carboxylic acids is 2. The van der Waals surface area contributed by atoms with E-state index >= 15 is 0 Å². The molecule has 1 aliphatic rings. The number of aryl methyl sites for hydroxylation is 1. The first-order valence-corrected chi connectivity index (χ1v) is 11.8. The molecule has 1 aliphatic heterocycles. The Kier molecular flexibility index (Phi) is 8.28. The lowest BCUT2D eigenvalue weighted by atomic mass is 9.94. The summed E-state index contributed by atoms with van der Waals surface area (Å²) in [5.41, 5.74) is 2.56. The molecule has 1 saturated heterocycles. The number of likely N-dealkylation sites (tertiary alicyclic amines) is 1. The Labute approximate surface area is 196 Å². The average molecular weight is 451 g/mol. The first-order valence-electron chi connectivity index (χ1n) is 11.8. The van der Waals surface area contributed by atoms with Crippen LogP contribution in [0.4, 0.5) is 0 Å². The molecule has 0 radical (unpaired) electrons. The van der Waals surface area contributed by atoms with Crippen molar-refractivity contribution in [3.63, 3.8) is 0 Å². The molecule has 2 aromatic carbocycles. The molecule has 6 heteroatoms. The van der Waals surface area contributed by atoms with Gasteiger partial charge in [0.2, 0.25) is 0 Å². The number of rotatable bonds is 10. The van der Waals surface area contributed by atoms with Gasteiger partial charge in [0.15, 0.2) is 0 Å². The molecule has 1 heterocycles. The fourth-order valence-electron chi connectivity index (χ4n) is 4.24. The van der Waals surface area contributed by atoms with Gasteiger partial charge in [-0.05, 0) is 49.7 Å². The van der Waals surface area contributed by atoms with Crippen molar-refractivity contribution in [2.45, 2.75) is 40.2 Å². The summed E-state index contributed by atoms with van der Waals surface area (Å²) in [7, 11) is 0. The molecule has 1 N–H and O–H groups in total. The third-order valence-corrected chi connectivity index (χ3v) is 6.21. The molecule has 1 amide bonds. The summed E-state index contributed by atoms with van der Waals surface area (Å²) in [4.78, 5) is 30.1. The fraction of sp³-hybridized carbons (Fsp3) is 0.407. The number of hydrogen-bond acceptors (Lipinski definition) is 5.